The molecule has 1 amide bonds. The summed E-state index contributed by atoms with van der Waals surface area (Å²) in [5.74, 6) is -0.724. The van der Waals surface area contributed by atoms with E-state index >= 15 is 0 Å². The van der Waals surface area contributed by atoms with Crippen LogP contribution in [0.25, 0.3) is 0 Å². The van der Waals surface area contributed by atoms with E-state index in [9.17, 15) is 9.18 Å². The Bertz CT molecular complexity index is 804. The SMILES string of the molecule is CC(C)(C)N1Cc2c(cccc2C(=O)Nc2ccc(F)c(Cl)c2)S1. The van der Waals surface area contributed by atoms with Crippen LogP contribution in [0.15, 0.2) is 41.3 Å². The molecular weight excluding hydrogens is 347 g/mol. The van der Waals surface area contributed by atoms with Crippen molar-refractivity contribution in [2.24, 2.45) is 0 Å². The Morgan fingerprint density at radius 1 is 1.29 bits per heavy atom. The van der Waals surface area contributed by atoms with Crippen LogP contribution in [0, 0.1) is 5.82 Å². The molecule has 0 saturated heterocycles. The molecule has 0 spiro atoms. The van der Waals surface area contributed by atoms with Crippen molar-refractivity contribution in [1.82, 2.24) is 4.31 Å². The van der Waals surface area contributed by atoms with Crippen LogP contribution in [0.3, 0.4) is 0 Å². The van der Waals surface area contributed by atoms with Gasteiger partial charge in [-0.2, -0.15) is 0 Å². The monoisotopic (exact) mass is 364 g/mol. The molecule has 0 saturated carbocycles. The van der Waals surface area contributed by atoms with Gasteiger partial charge in [-0.3, -0.25) is 4.79 Å². The van der Waals surface area contributed by atoms with Gasteiger partial charge in [0.15, 0.2) is 0 Å². The summed E-state index contributed by atoms with van der Waals surface area (Å²) in [4.78, 5) is 13.7. The molecule has 0 aliphatic carbocycles. The first kappa shape index (κ1) is 17.3. The molecule has 0 unspecified atom stereocenters. The van der Waals surface area contributed by atoms with E-state index in [4.69, 9.17) is 11.6 Å². The Kier molecular flexibility index (Phi) is 4.60. The van der Waals surface area contributed by atoms with E-state index in [1.165, 1.54) is 18.2 Å². The summed E-state index contributed by atoms with van der Waals surface area (Å²) in [6.45, 7) is 7.14. The van der Waals surface area contributed by atoms with Crippen LogP contribution in [0.1, 0.15) is 36.7 Å². The normalized spacial score (nSPS) is 14.5. The maximum Gasteiger partial charge on any atom is 0.256 e. The smallest absolute Gasteiger partial charge is 0.256 e. The molecule has 0 aromatic heterocycles. The minimum atomic E-state index is -0.507. The van der Waals surface area contributed by atoms with E-state index in [2.05, 4.69) is 30.4 Å². The van der Waals surface area contributed by atoms with Gasteiger partial charge in [0, 0.05) is 28.2 Å². The highest BCUT2D eigenvalue weighted by molar-refractivity contribution is 7.97. The lowest BCUT2D eigenvalue weighted by atomic mass is 10.0. The van der Waals surface area contributed by atoms with Crippen LogP contribution >= 0.6 is 23.5 Å². The largest absolute Gasteiger partial charge is 0.322 e. The van der Waals surface area contributed by atoms with Crippen LogP contribution < -0.4 is 5.32 Å². The number of benzene rings is 2. The molecular formula is C18H18ClFN2OS. The minimum absolute atomic E-state index is 0.00190. The number of halogens is 2. The summed E-state index contributed by atoms with van der Waals surface area (Å²) >= 11 is 7.44. The summed E-state index contributed by atoms with van der Waals surface area (Å²) in [7, 11) is 0. The van der Waals surface area contributed by atoms with Crippen LogP contribution in [-0.2, 0) is 6.54 Å². The van der Waals surface area contributed by atoms with E-state index in [1.807, 2.05) is 18.2 Å². The molecule has 1 aliphatic rings. The Balaban J connectivity index is 1.85. The Hall–Kier alpha value is -1.56. The van der Waals surface area contributed by atoms with E-state index < -0.39 is 5.82 Å². The molecule has 126 valence electrons. The highest BCUT2D eigenvalue weighted by Crippen LogP contribution is 2.42. The molecule has 0 bridgehead atoms. The number of rotatable bonds is 2. The molecule has 1 heterocycles. The van der Waals surface area contributed by atoms with E-state index in [-0.39, 0.29) is 16.5 Å². The van der Waals surface area contributed by atoms with Crippen molar-refractivity contribution in [2.75, 3.05) is 5.32 Å². The molecule has 0 fully saturated rings. The molecule has 24 heavy (non-hydrogen) atoms. The number of amides is 1. The molecule has 6 heteroatoms. The zero-order chi connectivity index (χ0) is 17.5. The first-order valence-electron chi connectivity index (χ1n) is 7.59. The lowest BCUT2D eigenvalue weighted by molar-refractivity contribution is 0.102. The molecule has 3 rings (SSSR count). The summed E-state index contributed by atoms with van der Waals surface area (Å²) < 4.78 is 15.5. The maximum absolute atomic E-state index is 13.2. The second-order valence-electron chi connectivity index (χ2n) is 6.66. The first-order chi connectivity index (χ1) is 11.3. The molecule has 3 nitrogen and oxygen atoms in total. The van der Waals surface area contributed by atoms with Crippen molar-refractivity contribution < 1.29 is 9.18 Å². The van der Waals surface area contributed by atoms with Crippen molar-refractivity contribution >= 4 is 35.1 Å². The van der Waals surface area contributed by atoms with Gasteiger partial charge in [0.1, 0.15) is 5.82 Å². The fourth-order valence-corrected chi connectivity index (χ4v) is 3.78. The van der Waals surface area contributed by atoms with Crippen molar-refractivity contribution in [2.45, 2.75) is 37.8 Å². The number of fused-ring (bicyclic) bond motifs is 1. The standard InChI is InChI=1S/C18H18ClFN2OS/c1-18(2,3)22-10-13-12(5-4-6-16(13)24-22)17(23)21-11-7-8-15(20)14(19)9-11/h4-9H,10H2,1-3H3,(H,21,23). The summed E-state index contributed by atoms with van der Waals surface area (Å²) in [6, 6.07) is 9.87. The minimum Gasteiger partial charge on any atom is -0.322 e. The lowest BCUT2D eigenvalue weighted by Gasteiger charge is -2.29. The third-order valence-corrected chi connectivity index (χ3v) is 5.58. The third kappa shape index (κ3) is 3.43. The summed E-state index contributed by atoms with van der Waals surface area (Å²) in [5, 5.41) is 2.78. The fraction of sp³-hybridized carbons (Fsp3) is 0.278. The van der Waals surface area contributed by atoms with Gasteiger partial charge in [-0.05, 0) is 68.6 Å². The number of nitrogens with one attached hydrogen (secondary N) is 1. The Morgan fingerprint density at radius 2 is 2.04 bits per heavy atom. The number of carbonyl (C=O) groups excluding carboxylic acids is 1. The summed E-state index contributed by atoms with van der Waals surface area (Å²) in [6.07, 6.45) is 0. The average Bonchev–Trinajstić information content (AvgIpc) is 2.95. The first-order valence-corrected chi connectivity index (χ1v) is 8.75. The van der Waals surface area contributed by atoms with Crippen LogP contribution in [-0.4, -0.2) is 15.8 Å². The number of carbonyl (C=O) groups is 1. The number of nitrogens with zero attached hydrogens (tertiary/aromatic N) is 1. The van der Waals surface area contributed by atoms with Crippen molar-refractivity contribution in [3.63, 3.8) is 0 Å². The quantitative estimate of drug-likeness (QED) is 0.729. The van der Waals surface area contributed by atoms with E-state index in [0.29, 0.717) is 17.8 Å². The Morgan fingerprint density at radius 3 is 2.71 bits per heavy atom. The van der Waals surface area contributed by atoms with Crippen LogP contribution in [0.2, 0.25) is 5.02 Å². The van der Waals surface area contributed by atoms with Gasteiger partial charge in [-0.25, -0.2) is 8.70 Å². The molecule has 1 aliphatic heterocycles. The Labute approximate surface area is 150 Å². The fourth-order valence-electron chi connectivity index (χ4n) is 2.47. The highest BCUT2D eigenvalue weighted by atomic mass is 35.5. The highest BCUT2D eigenvalue weighted by Gasteiger charge is 2.31. The molecule has 0 radical (unpaired) electrons. The predicted molar refractivity (Wildman–Crippen MR) is 97.0 cm³/mol. The van der Waals surface area contributed by atoms with Gasteiger partial charge in [0.05, 0.1) is 5.02 Å². The van der Waals surface area contributed by atoms with Crippen molar-refractivity contribution in [3.8, 4) is 0 Å². The lowest BCUT2D eigenvalue weighted by Crippen LogP contribution is -2.33. The molecule has 1 N–H and O–H groups in total. The van der Waals surface area contributed by atoms with Crippen LogP contribution in [0.4, 0.5) is 10.1 Å². The average molecular weight is 365 g/mol. The third-order valence-electron chi connectivity index (χ3n) is 3.81. The molecule has 0 atom stereocenters. The van der Waals surface area contributed by atoms with E-state index in [1.54, 1.807) is 11.9 Å². The maximum atomic E-state index is 13.2. The second kappa shape index (κ2) is 6.39. The molecule has 2 aromatic carbocycles. The van der Waals surface area contributed by atoms with Gasteiger partial charge in [-0.15, -0.1) is 0 Å². The van der Waals surface area contributed by atoms with Gasteiger partial charge in [-0.1, -0.05) is 17.7 Å². The predicted octanol–water partition coefficient (Wildman–Crippen LogP) is 5.35. The summed E-state index contributed by atoms with van der Waals surface area (Å²) in [5.41, 5.74) is 2.12. The van der Waals surface area contributed by atoms with E-state index in [0.717, 1.165) is 10.5 Å². The van der Waals surface area contributed by atoms with Gasteiger partial charge in [0.2, 0.25) is 0 Å². The molecule has 2 aromatic rings. The second-order valence-corrected chi connectivity index (χ2v) is 8.13. The van der Waals surface area contributed by atoms with Gasteiger partial charge >= 0.3 is 0 Å². The van der Waals surface area contributed by atoms with Gasteiger partial charge < -0.3 is 5.32 Å². The topological polar surface area (TPSA) is 32.3 Å². The number of hydrogen-bond acceptors (Lipinski definition) is 3. The van der Waals surface area contributed by atoms with Gasteiger partial charge in [0.25, 0.3) is 5.91 Å². The number of anilines is 1. The van der Waals surface area contributed by atoms with Crippen molar-refractivity contribution in [3.05, 3.63) is 58.4 Å². The number of hydrogen-bond donors (Lipinski definition) is 1. The van der Waals surface area contributed by atoms with Crippen LogP contribution in [0.5, 0.6) is 0 Å². The zero-order valence-electron chi connectivity index (χ0n) is 13.7. The zero-order valence-corrected chi connectivity index (χ0v) is 15.3. The van der Waals surface area contributed by atoms with Crippen molar-refractivity contribution in [1.29, 1.82) is 0 Å².